The van der Waals surface area contributed by atoms with Crippen molar-refractivity contribution in [3.8, 4) is 11.1 Å². The van der Waals surface area contributed by atoms with Gasteiger partial charge in [-0.3, -0.25) is 9.59 Å². The number of pyridine rings is 1. The van der Waals surface area contributed by atoms with Crippen LogP contribution >= 0.6 is 0 Å². The monoisotopic (exact) mass is 480 g/mol. The van der Waals surface area contributed by atoms with E-state index in [4.69, 9.17) is 0 Å². The van der Waals surface area contributed by atoms with Crippen LogP contribution in [0.1, 0.15) is 67.5 Å². The minimum atomic E-state index is -0.125. The zero-order valence-electron chi connectivity index (χ0n) is 22.4. The summed E-state index contributed by atoms with van der Waals surface area (Å²) in [4.78, 5) is 27.1. The van der Waals surface area contributed by atoms with Gasteiger partial charge >= 0.3 is 0 Å². The molecule has 0 unspecified atom stereocenters. The highest BCUT2D eigenvalue weighted by molar-refractivity contribution is 6.01. The third-order valence-corrected chi connectivity index (χ3v) is 7.16. The van der Waals surface area contributed by atoms with E-state index in [9.17, 15) is 9.59 Å². The molecule has 0 bridgehead atoms. The first-order valence-corrected chi connectivity index (χ1v) is 12.7. The van der Waals surface area contributed by atoms with E-state index in [1.165, 1.54) is 0 Å². The van der Waals surface area contributed by atoms with Crippen LogP contribution in [0.25, 0.3) is 21.9 Å². The smallest absolute Gasteiger partial charge is 0.258 e. The van der Waals surface area contributed by atoms with Gasteiger partial charge in [0.15, 0.2) is 0 Å². The van der Waals surface area contributed by atoms with Crippen LogP contribution in [0, 0.1) is 13.8 Å². The number of aryl methyl sites for hydroxylation is 2. The molecular weight excluding hydrogens is 444 g/mol. The normalized spacial score (nSPS) is 11.5. The van der Waals surface area contributed by atoms with Gasteiger partial charge in [-0.05, 0) is 65.0 Å². The van der Waals surface area contributed by atoms with Crippen LogP contribution in [0.4, 0.5) is 5.69 Å². The summed E-state index contributed by atoms with van der Waals surface area (Å²) in [6.45, 7) is 12.6. The molecule has 0 aliphatic heterocycles. The number of rotatable bonds is 6. The van der Waals surface area contributed by atoms with Gasteiger partial charge in [-0.1, -0.05) is 82.3 Å². The molecule has 0 radical (unpaired) electrons. The molecule has 1 amide bonds. The van der Waals surface area contributed by atoms with E-state index in [0.29, 0.717) is 11.1 Å². The molecule has 1 N–H and O–H groups in total. The molecule has 4 nitrogen and oxygen atoms in total. The van der Waals surface area contributed by atoms with Crippen LogP contribution in [0.2, 0.25) is 0 Å². The zero-order valence-corrected chi connectivity index (χ0v) is 22.4. The highest BCUT2D eigenvalue weighted by Gasteiger charge is 2.21. The molecule has 0 saturated heterocycles. The van der Waals surface area contributed by atoms with E-state index in [-0.39, 0.29) is 29.7 Å². The zero-order chi connectivity index (χ0) is 26.1. The van der Waals surface area contributed by atoms with Gasteiger partial charge in [-0.2, -0.15) is 0 Å². The first-order valence-electron chi connectivity index (χ1n) is 12.7. The van der Waals surface area contributed by atoms with Crippen molar-refractivity contribution < 1.29 is 4.79 Å². The number of para-hydroxylation sites is 1. The van der Waals surface area contributed by atoms with Gasteiger partial charge in [0, 0.05) is 29.4 Å². The van der Waals surface area contributed by atoms with E-state index >= 15 is 0 Å². The Balaban J connectivity index is 1.88. The number of hydrogen-bond donors (Lipinski definition) is 1. The average molecular weight is 481 g/mol. The topological polar surface area (TPSA) is 51.1 Å². The Bertz CT molecular complexity index is 1470. The summed E-state index contributed by atoms with van der Waals surface area (Å²) >= 11 is 0. The van der Waals surface area contributed by atoms with Gasteiger partial charge in [-0.25, -0.2) is 0 Å². The number of benzene rings is 3. The van der Waals surface area contributed by atoms with Gasteiger partial charge in [0.25, 0.3) is 5.56 Å². The van der Waals surface area contributed by atoms with Crippen molar-refractivity contribution in [3.05, 3.63) is 99.0 Å². The summed E-state index contributed by atoms with van der Waals surface area (Å²) in [6.07, 6.45) is 0.1000. The van der Waals surface area contributed by atoms with Crippen molar-refractivity contribution in [2.75, 3.05) is 5.32 Å². The van der Waals surface area contributed by atoms with Crippen molar-refractivity contribution in [1.29, 1.82) is 0 Å². The number of aromatic nitrogens is 1. The Hall–Kier alpha value is -3.66. The maximum atomic E-state index is 13.6. The number of anilines is 1. The second kappa shape index (κ2) is 10.1. The molecule has 4 rings (SSSR count). The van der Waals surface area contributed by atoms with Gasteiger partial charge in [0.1, 0.15) is 0 Å². The first kappa shape index (κ1) is 25.4. The summed E-state index contributed by atoms with van der Waals surface area (Å²) in [7, 11) is 1.77. The Labute approximate surface area is 214 Å². The summed E-state index contributed by atoms with van der Waals surface area (Å²) in [5, 5.41) is 4.80. The van der Waals surface area contributed by atoms with E-state index in [1.54, 1.807) is 11.6 Å². The largest absolute Gasteiger partial charge is 0.325 e. The fourth-order valence-corrected chi connectivity index (χ4v) is 4.99. The number of nitrogens with zero attached hydrogens (tertiary/aromatic N) is 1. The van der Waals surface area contributed by atoms with Crippen LogP contribution < -0.4 is 10.9 Å². The average Bonchev–Trinajstić information content (AvgIpc) is 2.84. The predicted octanol–water partition coefficient (Wildman–Crippen LogP) is 7.25. The fraction of sp³-hybridized carbons (Fsp3) is 0.312. The van der Waals surface area contributed by atoms with Crippen LogP contribution in [0.3, 0.4) is 0 Å². The predicted molar refractivity (Wildman–Crippen MR) is 151 cm³/mol. The van der Waals surface area contributed by atoms with Crippen LogP contribution in [-0.2, 0) is 18.3 Å². The lowest BCUT2D eigenvalue weighted by Crippen LogP contribution is -2.26. The highest BCUT2D eigenvalue weighted by Crippen LogP contribution is 2.34. The van der Waals surface area contributed by atoms with Gasteiger partial charge in [-0.15, -0.1) is 0 Å². The molecule has 0 fully saturated rings. The lowest BCUT2D eigenvalue weighted by atomic mass is 9.92. The van der Waals surface area contributed by atoms with Crippen LogP contribution in [0.15, 0.2) is 65.5 Å². The number of carbonyl (C=O) groups is 1. The van der Waals surface area contributed by atoms with Crippen LogP contribution in [0.5, 0.6) is 0 Å². The molecule has 0 aliphatic carbocycles. The SMILES string of the molecule is Cc1cc2c(-c3ccccc3)c(CC(=O)Nc3c(C(C)C)cccc3C(C)C)n(C)c(=O)c2cc1C. The molecule has 1 heterocycles. The maximum Gasteiger partial charge on any atom is 0.258 e. The van der Waals surface area contributed by atoms with E-state index in [2.05, 4.69) is 64.2 Å². The van der Waals surface area contributed by atoms with Gasteiger partial charge < -0.3 is 9.88 Å². The molecule has 1 aromatic heterocycles. The third-order valence-electron chi connectivity index (χ3n) is 7.16. The quantitative estimate of drug-likeness (QED) is 0.316. The molecule has 3 aromatic carbocycles. The van der Waals surface area contributed by atoms with Gasteiger partial charge in [0.05, 0.1) is 6.42 Å². The van der Waals surface area contributed by atoms with Crippen molar-refractivity contribution in [3.63, 3.8) is 0 Å². The molecule has 0 aliphatic rings. The Kier molecular flexibility index (Phi) is 7.16. The lowest BCUT2D eigenvalue weighted by Gasteiger charge is -2.22. The molecule has 0 atom stereocenters. The van der Waals surface area contributed by atoms with E-state index in [1.807, 2.05) is 43.3 Å². The first-order chi connectivity index (χ1) is 17.1. The van der Waals surface area contributed by atoms with Crippen molar-refractivity contribution in [2.24, 2.45) is 7.05 Å². The molecule has 186 valence electrons. The molecule has 36 heavy (non-hydrogen) atoms. The summed E-state index contributed by atoms with van der Waals surface area (Å²) < 4.78 is 1.65. The third kappa shape index (κ3) is 4.73. The van der Waals surface area contributed by atoms with Crippen molar-refractivity contribution >= 4 is 22.4 Å². The summed E-state index contributed by atoms with van der Waals surface area (Å²) in [5.41, 5.74) is 7.90. The van der Waals surface area contributed by atoms with Gasteiger partial charge in [0.2, 0.25) is 5.91 Å². The number of hydrogen-bond acceptors (Lipinski definition) is 2. The second-order valence-electron chi connectivity index (χ2n) is 10.4. The molecule has 4 aromatic rings. The van der Waals surface area contributed by atoms with Crippen molar-refractivity contribution in [1.82, 2.24) is 4.57 Å². The minimum Gasteiger partial charge on any atom is -0.325 e. The number of fused-ring (bicyclic) bond motifs is 1. The Morgan fingerprint density at radius 3 is 1.94 bits per heavy atom. The molecule has 0 saturated carbocycles. The number of carbonyl (C=O) groups excluding carboxylic acids is 1. The molecular formula is C32H36N2O2. The van der Waals surface area contributed by atoms with Crippen LogP contribution in [-0.4, -0.2) is 10.5 Å². The van der Waals surface area contributed by atoms with E-state index < -0.39 is 0 Å². The fourth-order valence-electron chi connectivity index (χ4n) is 4.99. The maximum absolute atomic E-state index is 13.6. The molecule has 4 heteroatoms. The summed E-state index contributed by atoms with van der Waals surface area (Å²) in [6, 6.07) is 20.3. The Morgan fingerprint density at radius 2 is 1.39 bits per heavy atom. The number of amides is 1. The molecule has 0 spiro atoms. The Morgan fingerprint density at radius 1 is 0.833 bits per heavy atom. The number of nitrogens with one attached hydrogen (secondary N) is 1. The minimum absolute atomic E-state index is 0.0824. The summed E-state index contributed by atoms with van der Waals surface area (Å²) in [5.74, 6) is 0.422. The second-order valence-corrected chi connectivity index (χ2v) is 10.4. The highest BCUT2D eigenvalue weighted by atomic mass is 16.1. The lowest BCUT2D eigenvalue weighted by molar-refractivity contribution is -0.115. The van der Waals surface area contributed by atoms with Crippen molar-refractivity contribution in [2.45, 2.75) is 59.8 Å². The standard InChI is InChI=1S/C32H36N2O2/c1-19(2)24-14-11-15-25(20(3)4)31(24)33-29(35)18-28-30(23-12-9-8-10-13-23)26-16-21(5)22(6)17-27(26)32(36)34(28)7/h8-17,19-20H,18H2,1-7H3,(H,33,35). The van der Waals surface area contributed by atoms with E-state index in [0.717, 1.165) is 44.5 Å².